The highest BCUT2D eigenvalue weighted by molar-refractivity contribution is 7.47. The molecule has 4 atom stereocenters. The van der Waals surface area contributed by atoms with Crippen LogP contribution in [0.2, 0.25) is 0 Å². The first-order valence-corrected chi connectivity index (χ1v) is 20.7. The lowest BCUT2D eigenvalue weighted by Crippen LogP contribution is -2.49. The zero-order valence-electron chi connectivity index (χ0n) is 30.6. The fraction of sp³-hybridized carbons (Fsp3) is 0.816. The van der Waals surface area contributed by atoms with Crippen LogP contribution in [-0.4, -0.2) is 59.0 Å². The molecule has 0 aromatic heterocycles. The van der Waals surface area contributed by atoms with E-state index in [9.17, 15) is 24.5 Å². The minimum absolute atomic E-state index is 0.0355. The van der Waals surface area contributed by atoms with E-state index >= 15 is 0 Å². The van der Waals surface area contributed by atoms with Crippen molar-refractivity contribution >= 4 is 13.7 Å². The Morgan fingerprint density at radius 1 is 0.708 bits per heavy atom. The molecule has 1 amide bonds. The molecular weight excluding hydrogens is 627 g/mol. The van der Waals surface area contributed by atoms with Gasteiger partial charge in [-0.1, -0.05) is 153 Å². The van der Waals surface area contributed by atoms with Crippen LogP contribution >= 0.6 is 7.82 Å². The van der Waals surface area contributed by atoms with Crippen molar-refractivity contribution in [1.82, 2.24) is 5.32 Å². The molecule has 0 fully saturated rings. The maximum atomic E-state index is 12.7. The van der Waals surface area contributed by atoms with Crippen molar-refractivity contribution in [2.75, 3.05) is 19.8 Å². The number of amides is 1. The van der Waals surface area contributed by atoms with Crippen LogP contribution in [0.4, 0.5) is 0 Å². The third kappa shape index (κ3) is 30.7. The molecule has 9 nitrogen and oxygen atoms in total. The van der Waals surface area contributed by atoms with E-state index in [1.807, 2.05) is 12.2 Å². The summed E-state index contributed by atoms with van der Waals surface area (Å²) in [5.74, 6) is -0.657. The Balaban J connectivity index is 4.36. The van der Waals surface area contributed by atoms with Crippen molar-refractivity contribution < 1.29 is 33.5 Å². The van der Waals surface area contributed by atoms with E-state index in [1.165, 1.54) is 109 Å². The number of nitrogens with one attached hydrogen (secondary N) is 1. The zero-order valence-corrected chi connectivity index (χ0v) is 31.5. The van der Waals surface area contributed by atoms with Gasteiger partial charge in [0.25, 0.3) is 0 Å². The SMILES string of the molecule is CCCCCCC/C=C/C=C/[C@@H](O)[C@H](COP(=O)(O)OCCN)NC(=O)C(O)CCCCCCCCCC/C=C\CCCCCCCC. The van der Waals surface area contributed by atoms with Gasteiger partial charge in [-0.25, -0.2) is 4.57 Å². The summed E-state index contributed by atoms with van der Waals surface area (Å²) in [4.78, 5) is 22.6. The lowest BCUT2D eigenvalue weighted by atomic mass is 10.0. The molecule has 0 spiro atoms. The van der Waals surface area contributed by atoms with Crippen molar-refractivity contribution in [2.45, 2.75) is 180 Å². The van der Waals surface area contributed by atoms with Gasteiger partial charge in [0.1, 0.15) is 6.10 Å². The first-order valence-electron chi connectivity index (χ1n) is 19.2. The molecule has 0 saturated carbocycles. The van der Waals surface area contributed by atoms with E-state index in [1.54, 1.807) is 6.08 Å². The largest absolute Gasteiger partial charge is 0.472 e. The van der Waals surface area contributed by atoms with Crippen molar-refractivity contribution in [3.8, 4) is 0 Å². The van der Waals surface area contributed by atoms with E-state index in [0.717, 1.165) is 32.1 Å². The van der Waals surface area contributed by atoms with E-state index in [4.69, 9.17) is 14.8 Å². The van der Waals surface area contributed by atoms with Crippen LogP contribution in [0, 0.1) is 0 Å². The van der Waals surface area contributed by atoms with Gasteiger partial charge >= 0.3 is 7.82 Å². The summed E-state index contributed by atoms with van der Waals surface area (Å²) < 4.78 is 21.9. The quantitative estimate of drug-likeness (QED) is 0.0190. The van der Waals surface area contributed by atoms with Crippen LogP contribution in [0.3, 0.4) is 0 Å². The fourth-order valence-electron chi connectivity index (χ4n) is 5.31. The van der Waals surface area contributed by atoms with Gasteiger partial charge in [0.15, 0.2) is 0 Å². The summed E-state index contributed by atoms with van der Waals surface area (Å²) in [6, 6.07) is -1.07. The third-order valence-electron chi connectivity index (χ3n) is 8.35. The molecule has 282 valence electrons. The van der Waals surface area contributed by atoms with Gasteiger partial charge in [-0.2, -0.15) is 0 Å². The topological polar surface area (TPSA) is 151 Å². The molecular formula is C38H73N2O7P. The molecule has 0 heterocycles. The highest BCUT2D eigenvalue weighted by atomic mass is 31.2. The Morgan fingerprint density at radius 2 is 1.19 bits per heavy atom. The minimum Gasteiger partial charge on any atom is -0.387 e. The van der Waals surface area contributed by atoms with Crippen molar-refractivity contribution in [2.24, 2.45) is 5.73 Å². The van der Waals surface area contributed by atoms with Gasteiger partial charge in [-0.3, -0.25) is 13.8 Å². The second-order valence-corrected chi connectivity index (χ2v) is 14.4. The standard InChI is InChI=1S/C38H73N2O7P/c1-3-5-7-9-11-13-14-15-16-17-18-19-20-21-23-25-27-29-31-37(42)38(43)40-35(34-47-48(44,45)46-33-32-39)36(41)30-28-26-24-22-12-10-8-6-4-2/h15-16,24,26,28,30,35-37,41-42H,3-14,17-23,25,27,29,31-34,39H2,1-2H3,(H,40,43)(H,44,45)/b16-15-,26-24+,30-28+/t35-,36+,37?/m0/s1. The zero-order chi connectivity index (χ0) is 35.6. The summed E-state index contributed by atoms with van der Waals surface area (Å²) >= 11 is 0. The molecule has 0 aromatic rings. The van der Waals surface area contributed by atoms with Gasteiger partial charge in [0.05, 0.1) is 25.4 Å². The molecule has 0 saturated heterocycles. The lowest BCUT2D eigenvalue weighted by Gasteiger charge is -2.24. The monoisotopic (exact) mass is 701 g/mol. The molecule has 0 rings (SSSR count). The number of phosphoric ester groups is 1. The van der Waals surface area contributed by atoms with Gasteiger partial charge < -0.3 is 26.2 Å². The summed E-state index contributed by atoms with van der Waals surface area (Å²) in [6.45, 7) is 3.82. The van der Waals surface area contributed by atoms with Crippen molar-refractivity contribution in [3.63, 3.8) is 0 Å². The Morgan fingerprint density at radius 3 is 1.71 bits per heavy atom. The number of allylic oxidation sites excluding steroid dienone is 5. The maximum Gasteiger partial charge on any atom is 0.472 e. The molecule has 10 heteroatoms. The molecule has 0 aliphatic rings. The lowest BCUT2D eigenvalue weighted by molar-refractivity contribution is -0.131. The second kappa shape index (κ2) is 34.1. The average molecular weight is 701 g/mol. The van der Waals surface area contributed by atoms with Crippen LogP contribution in [-0.2, 0) is 18.4 Å². The predicted octanol–water partition coefficient (Wildman–Crippen LogP) is 8.97. The second-order valence-electron chi connectivity index (χ2n) is 13.0. The highest BCUT2D eigenvalue weighted by Crippen LogP contribution is 2.43. The number of carbonyl (C=O) groups excluding carboxylic acids is 1. The number of aliphatic hydroxyl groups is 2. The number of phosphoric acid groups is 1. The first kappa shape index (κ1) is 46.7. The first-order chi connectivity index (χ1) is 23.3. The summed E-state index contributed by atoms with van der Waals surface area (Å²) in [5.41, 5.74) is 5.33. The van der Waals surface area contributed by atoms with E-state index in [-0.39, 0.29) is 13.2 Å². The number of unbranched alkanes of at least 4 members (excludes halogenated alkanes) is 19. The van der Waals surface area contributed by atoms with Crippen LogP contribution in [0.1, 0.15) is 162 Å². The summed E-state index contributed by atoms with van der Waals surface area (Å²) in [5, 5.41) is 23.8. The van der Waals surface area contributed by atoms with E-state index < -0.39 is 38.6 Å². The number of aliphatic hydroxyl groups excluding tert-OH is 2. The summed E-state index contributed by atoms with van der Waals surface area (Å²) in [6.07, 6.45) is 35.7. The number of hydrogen-bond acceptors (Lipinski definition) is 7. The Hall–Kier alpha value is -1.32. The Labute approximate surface area is 293 Å². The van der Waals surface area contributed by atoms with E-state index in [0.29, 0.717) is 12.8 Å². The number of carbonyl (C=O) groups is 1. The third-order valence-corrected chi connectivity index (χ3v) is 9.34. The van der Waals surface area contributed by atoms with Gasteiger partial charge in [0, 0.05) is 6.54 Å². The number of nitrogens with two attached hydrogens (primary N) is 1. The molecule has 0 bridgehead atoms. The molecule has 2 unspecified atom stereocenters. The minimum atomic E-state index is -4.42. The predicted molar refractivity (Wildman–Crippen MR) is 200 cm³/mol. The molecule has 0 radical (unpaired) electrons. The van der Waals surface area contributed by atoms with Gasteiger partial charge in [0.2, 0.25) is 5.91 Å². The number of rotatable bonds is 35. The molecule has 0 aliphatic carbocycles. The maximum absolute atomic E-state index is 12.7. The number of hydrogen-bond donors (Lipinski definition) is 5. The molecule has 0 aliphatic heterocycles. The van der Waals surface area contributed by atoms with Gasteiger partial charge in [-0.15, -0.1) is 0 Å². The van der Waals surface area contributed by atoms with Crippen LogP contribution in [0.15, 0.2) is 36.5 Å². The molecule has 48 heavy (non-hydrogen) atoms. The van der Waals surface area contributed by atoms with Crippen LogP contribution < -0.4 is 11.1 Å². The fourth-order valence-corrected chi connectivity index (χ4v) is 6.07. The Kier molecular flexibility index (Phi) is 33.2. The van der Waals surface area contributed by atoms with Gasteiger partial charge in [-0.05, 0) is 44.9 Å². The highest BCUT2D eigenvalue weighted by Gasteiger charge is 2.28. The smallest absolute Gasteiger partial charge is 0.387 e. The molecule has 0 aromatic carbocycles. The Bertz CT molecular complexity index is 868. The van der Waals surface area contributed by atoms with Crippen molar-refractivity contribution in [1.29, 1.82) is 0 Å². The summed E-state index contributed by atoms with van der Waals surface area (Å²) in [7, 11) is -4.42. The average Bonchev–Trinajstić information content (AvgIpc) is 3.07. The van der Waals surface area contributed by atoms with Crippen LogP contribution in [0.5, 0.6) is 0 Å². The normalized spacial score (nSPS) is 15.4. The van der Waals surface area contributed by atoms with E-state index in [2.05, 4.69) is 31.3 Å². The van der Waals surface area contributed by atoms with Crippen molar-refractivity contribution in [3.05, 3.63) is 36.5 Å². The molecule has 6 N–H and O–H groups in total. The van der Waals surface area contributed by atoms with Crippen LogP contribution in [0.25, 0.3) is 0 Å².